The summed E-state index contributed by atoms with van der Waals surface area (Å²) in [7, 11) is 0. The van der Waals surface area contributed by atoms with Crippen molar-refractivity contribution in [1.29, 1.82) is 0 Å². The molecule has 0 aromatic heterocycles. The number of hydrogen-bond donors (Lipinski definition) is 2. The van der Waals surface area contributed by atoms with Crippen LogP contribution in [0.3, 0.4) is 0 Å². The first-order valence-electron chi connectivity index (χ1n) is 9.80. The van der Waals surface area contributed by atoms with E-state index in [-0.39, 0.29) is 30.1 Å². The number of ketones is 1. The predicted octanol–water partition coefficient (Wildman–Crippen LogP) is 4.67. The second-order valence-electron chi connectivity index (χ2n) is 7.10. The third kappa shape index (κ3) is 9.59. The molecule has 0 saturated heterocycles. The summed E-state index contributed by atoms with van der Waals surface area (Å²) in [5.41, 5.74) is 0. The number of carboxylic acid groups (broad SMARTS) is 1. The first-order valence-corrected chi connectivity index (χ1v) is 9.80. The van der Waals surface area contributed by atoms with Crippen LogP contribution in [0.1, 0.15) is 77.6 Å². The molecule has 1 rings (SSSR count). The highest BCUT2D eigenvalue weighted by atomic mass is 16.4. The SMILES string of the molecule is CCCCCC(=O)/C=C/C1CCC(O)C1C/C=C/CCCCC(=O)O. The van der Waals surface area contributed by atoms with Gasteiger partial charge in [0.1, 0.15) is 0 Å². The molecule has 0 bridgehead atoms. The van der Waals surface area contributed by atoms with Gasteiger partial charge in [-0.05, 0) is 62.9 Å². The molecule has 0 aliphatic heterocycles. The van der Waals surface area contributed by atoms with Crippen molar-refractivity contribution in [2.24, 2.45) is 11.8 Å². The molecule has 0 amide bonds. The number of unbranched alkanes of at least 4 members (excludes halogenated alkanes) is 4. The molecule has 1 aliphatic rings. The van der Waals surface area contributed by atoms with Gasteiger partial charge >= 0.3 is 5.97 Å². The first-order chi connectivity index (χ1) is 12.0. The number of carbonyl (C=O) groups excluding carboxylic acids is 1. The summed E-state index contributed by atoms with van der Waals surface area (Å²) in [6, 6.07) is 0. The van der Waals surface area contributed by atoms with E-state index in [1.807, 2.05) is 6.08 Å². The van der Waals surface area contributed by atoms with Gasteiger partial charge in [-0.1, -0.05) is 38.0 Å². The zero-order valence-electron chi connectivity index (χ0n) is 15.5. The van der Waals surface area contributed by atoms with Crippen LogP contribution in [0.5, 0.6) is 0 Å². The van der Waals surface area contributed by atoms with Crippen LogP contribution >= 0.6 is 0 Å². The minimum atomic E-state index is -0.739. The molecule has 0 aromatic carbocycles. The summed E-state index contributed by atoms with van der Waals surface area (Å²) in [6.07, 6.45) is 16.7. The van der Waals surface area contributed by atoms with Crippen molar-refractivity contribution >= 4 is 11.8 Å². The van der Waals surface area contributed by atoms with Gasteiger partial charge in [-0.2, -0.15) is 0 Å². The molecule has 0 spiro atoms. The van der Waals surface area contributed by atoms with Crippen LogP contribution in [0, 0.1) is 11.8 Å². The number of carbonyl (C=O) groups is 2. The monoisotopic (exact) mass is 350 g/mol. The van der Waals surface area contributed by atoms with Crippen molar-refractivity contribution in [3.63, 3.8) is 0 Å². The lowest BCUT2D eigenvalue weighted by atomic mass is 9.90. The number of rotatable bonds is 13. The van der Waals surface area contributed by atoms with Gasteiger partial charge in [0, 0.05) is 12.8 Å². The molecule has 25 heavy (non-hydrogen) atoms. The van der Waals surface area contributed by atoms with Crippen LogP contribution in [0.15, 0.2) is 24.3 Å². The first kappa shape index (κ1) is 21.6. The number of hydrogen-bond acceptors (Lipinski definition) is 3. The van der Waals surface area contributed by atoms with E-state index < -0.39 is 5.97 Å². The van der Waals surface area contributed by atoms with Gasteiger partial charge < -0.3 is 10.2 Å². The molecule has 142 valence electrons. The lowest BCUT2D eigenvalue weighted by Gasteiger charge is -2.17. The number of aliphatic carboxylic acids is 1. The Morgan fingerprint density at radius 3 is 2.52 bits per heavy atom. The average Bonchev–Trinajstić information content (AvgIpc) is 2.92. The maximum absolute atomic E-state index is 11.9. The zero-order valence-corrected chi connectivity index (χ0v) is 15.5. The molecule has 0 aromatic rings. The Morgan fingerprint density at radius 1 is 1.04 bits per heavy atom. The molecule has 4 heteroatoms. The lowest BCUT2D eigenvalue weighted by molar-refractivity contribution is -0.137. The zero-order chi connectivity index (χ0) is 18.5. The molecule has 4 nitrogen and oxygen atoms in total. The number of aliphatic hydroxyl groups excluding tert-OH is 1. The standard InChI is InChI=1S/C21H34O4/c1-2-3-7-10-18(22)15-13-17-14-16-20(23)19(17)11-8-5-4-6-9-12-21(24)25/h5,8,13,15,17,19-20,23H,2-4,6-7,9-12,14,16H2,1H3,(H,24,25)/b8-5+,15-13+. The van der Waals surface area contributed by atoms with Gasteiger partial charge in [-0.3, -0.25) is 9.59 Å². The normalized spacial score (nSPS) is 23.7. The van der Waals surface area contributed by atoms with Gasteiger partial charge in [0.2, 0.25) is 0 Å². The van der Waals surface area contributed by atoms with E-state index in [0.717, 1.165) is 51.4 Å². The van der Waals surface area contributed by atoms with Crippen molar-refractivity contribution in [3.05, 3.63) is 24.3 Å². The van der Waals surface area contributed by atoms with Crippen molar-refractivity contribution < 1.29 is 19.8 Å². The largest absolute Gasteiger partial charge is 0.481 e. The van der Waals surface area contributed by atoms with E-state index in [4.69, 9.17) is 5.11 Å². The van der Waals surface area contributed by atoms with Gasteiger partial charge in [-0.25, -0.2) is 0 Å². The van der Waals surface area contributed by atoms with Crippen molar-refractivity contribution in [3.8, 4) is 0 Å². The third-order valence-corrected chi connectivity index (χ3v) is 4.98. The van der Waals surface area contributed by atoms with Crippen molar-refractivity contribution in [1.82, 2.24) is 0 Å². The van der Waals surface area contributed by atoms with Crippen molar-refractivity contribution in [2.45, 2.75) is 83.7 Å². The highest BCUT2D eigenvalue weighted by Crippen LogP contribution is 2.35. The van der Waals surface area contributed by atoms with E-state index >= 15 is 0 Å². The highest BCUT2D eigenvalue weighted by Gasteiger charge is 2.32. The Bertz CT molecular complexity index is 453. The average molecular weight is 350 g/mol. The van der Waals surface area contributed by atoms with Crippen LogP contribution in [0.4, 0.5) is 0 Å². The molecule has 0 heterocycles. The fraction of sp³-hybridized carbons (Fsp3) is 0.714. The number of allylic oxidation sites excluding steroid dienone is 4. The fourth-order valence-electron chi connectivity index (χ4n) is 3.42. The van der Waals surface area contributed by atoms with Crippen molar-refractivity contribution in [2.75, 3.05) is 0 Å². The Labute approximate surface area is 152 Å². The lowest BCUT2D eigenvalue weighted by Crippen LogP contribution is -2.17. The molecule has 1 fully saturated rings. The van der Waals surface area contributed by atoms with Crippen LogP contribution in [0.2, 0.25) is 0 Å². The maximum atomic E-state index is 11.9. The Morgan fingerprint density at radius 2 is 1.80 bits per heavy atom. The Hall–Kier alpha value is -1.42. The molecule has 3 unspecified atom stereocenters. The fourth-order valence-corrected chi connectivity index (χ4v) is 3.42. The minimum Gasteiger partial charge on any atom is -0.481 e. The van der Waals surface area contributed by atoms with Gasteiger partial charge in [-0.15, -0.1) is 0 Å². The van der Waals surface area contributed by atoms with Crippen LogP contribution in [-0.4, -0.2) is 28.1 Å². The smallest absolute Gasteiger partial charge is 0.303 e. The van der Waals surface area contributed by atoms with Crippen LogP contribution in [-0.2, 0) is 9.59 Å². The van der Waals surface area contributed by atoms with Gasteiger partial charge in [0.25, 0.3) is 0 Å². The molecule has 0 radical (unpaired) electrons. The second-order valence-corrected chi connectivity index (χ2v) is 7.10. The summed E-state index contributed by atoms with van der Waals surface area (Å²) < 4.78 is 0. The summed E-state index contributed by atoms with van der Waals surface area (Å²) in [6.45, 7) is 2.13. The van der Waals surface area contributed by atoms with E-state index in [1.165, 1.54) is 0 Å². The van der Waals surface area contributed by atoms with E-state index in [9.17, 15) is 14.7 Å². The summed E-state index contributed by atoms with van der Waals surface area (Å²) in [4.78, 5) is 22.3. The topological polar surface area (TPSA) is 74.6 Å². The van der Waals surface area contributed by atoms with Crippen LogP contribution in [0.25, 0.3) is 0 Å². The number of carboxylic acids is 1. The number of aliphatic hydroxyl groups is 1. The Balaban J connectivity index is 2.32. The minimum absolute atomic E-state index is 0.190. The second kappa shape index (κ2) is 12.9. The summed E-state index contributed by atoms with van der Waals surface area (Å²) in [5.74, 6) is -0.0729. The summed E-state index contributed by atoms with van der Waals surface area (Å²) in [5, 5.41) is 18.8. The molecular weight excluding hydrogens is 316 g/mol. The van der Waals surface area contributed by atoms with Crippen LogP contribution < -0.4 is 0 Å². The highest BCUT2D eigenvalue weighted by molar-refractivity contribution is 5.89. The van der Waals surface area contributed by atoms with E-state index in [2.05, 4.69) is 19.1 Å². The quantitative estimate of drug-likeness (QED) is 0.287. The Kier molecular flexibility index (Phi) is 11.1. The van der Waals surface area contributed by atoms with Gasteiger partial charge in [0.05, 0.1) is 6.10 Å². The van der Waals surface area contributed by atoms with E-state index in [0.29, 0.717) is 12.8 Å². The molecule has 1 saturated carbocycles. The summed E-state index contributed by atoms with van der Waals surface area (Å²) >= 11 is 0. The molecule has 3 atom stereocenters. The van der Waals surface area contributed by atoms with E-state index in [1.54, 1.807) is 6.08 Å². The molecular formula is C21H34O4. The molecule has 1 aliphatic carbocycles. The predicted molar refractivity (Wildman–Crippen MR) is 100 cm³/mol. The third-order valence-electron chi connectivity index (χ3n) is 4.98. The molecule has 2 N–H and O–H groups in total. The maximum Gasteiger partial charge on any atom is 0.303 e. The van der Waals surface area contributed by atoms with Gasteiger partial charge in [0.15, 0.2) is 5.78 Å².